The summed E-state index contributed by atoms with van der Waals surface area (Å²) in [5.41, 5.74) is 0. The Kier molecular flexibility index (Phi) is 2.05. The van der Waals surface area contributed by atoms with Gasteiger partial charge in [0.25, 0.3) is 0 Å². The zero-order valence-corrected chi connectivity index (χ0v) is 6.55. The molecule has 0 aromatic heterocycles. The summed E-state index contributed by atoms with van der Waals surface area (Å²) in [5, 5.41) is 10.3. The zero-order chi connectivity index (χ0) is 9.30. The van der Waals surface area contributed by atoms with Gasteiger partial charge in [0.2, 0.25) is 5.91 Å². The van der Waals surface area contributed by atoms with Crippen molar-refractivity contribution in [3.63, 3.8) is 0 Å². The topological polar surface area (TPSA) is 86.7 Å². The van der Waals surface area contributed by atoms with Gasteiger partial charge in [0.05, 0.1) is 6.42 Å². The molecule has 0 radical (unpaired) electrons. The van der Waals surface area contributed by atoms with Gasteiger partial charge in [-0.05, 0) is 0 Å². The Hall–Kier alpha value is -1.50. The molecule has 0 aliphatic carbocycles. The molecule has 0 aromatic carbocycles. The third kappa shape index (κ3) is 1.40. The van der Waals surface area contributed by atoms with Crippen molar-refractivity contribution >= 4 is 35.2 Å². The van der Waals surface area contributed by atoms with Crippen molar-refractivity contribution in [1.29, 1.82) is 0 Å². The molecule has 0 aromatic rings. The predicted molar refractivity (Wildman–Crippen MR) is 40.6 cm³/mol. The first-order valence-electron chi connectivity index (χ1n) is 2.92. The smallest absolute Gasteiger partial charge is 0.420 e. The van der Waals surface area contributed by atoms with Gasteiger partial charge in [-0.1, -0.05) is 12.2 Å². The quantitative estimate of drug-likeness (QED) is 0.520. The second-order valence-corrected chi connectivity index (χ2v) is 2.51. The third-order valence-corrected chi connectivity index (χ3v) is 1.53. The van der Waals surface area contributed by atoms with Gasteiger partial charge in [-0.3, -0.25) is 10.1 Å². The highest BCUT2D eigenvalue weighted by Crippen LogP contribution is 2.04. The van der Waals surface area contributed by atoms with E-state index in [-0.39, 0.29) is 11.4 Å². The van der Waals surface area contributed by atoms with E-state index in [1.807, 2.05) is 5.32 Å². The Labute approximate surface area is 72.1 Å². The lowest BCUT2D eigenvalue weighted by Gasteiger charge is -2.21. The Balaban J connectivity index is 2.88. The molecule has 1 rings (SSSR count). The van der Waals surface area contributed by atoms with Crippen molar-refractivity contribution < 1.29 is 19.5 Å². The fourth-order valence-corrected chi connectivity index (χ4v) is 1.03. The zero-order valence-electron chi connectivity index (χ0n) is 5.73. The first-order chi connectivity index (χ1) is 5.52. The molecule has 4 amide bonds. The largest absolute Gasteiger partial charge is 0.464 e. The molecule has 0 saturated carbocycles. The highest BCUT2D eigenvalue weighted by molar-refractivity contribution is 7.80. The molecule has 1 saturated heterocycles. The van der Waals surface area contributed by atoms with E-state index >= 15 is 0 Å². The normalized spacial score (nSPS) is 17.7. The van der Waals surface area contributed by atoms with Crippen molar-refractivity contribution in [1.82, 2.24) is 10.2 Å². The first-order valence-corrected chi connectivity index (χ1v) is 3.33. The second-order valence-electron chi connectivity index (χ2n) is 2.04. The summed E-state index contributed by atoms with van der Waals surface area (Å²) in [6, 6.07) is -1.01. The number of urea groups is 1. The summed E-state index contributed by atoms with van der Waals surface area (Å²) in [6.45, 7) is 0. The number of nitrogens with zero attached hydrogens (tertiary/aromatic N) is 1. The van der Waals surface area contributed by atoms with Crippen molar-refractivity contribution in [2.24, 2.45) is 0 Å². The molecule has 1 heterocycles. The highest BCUT2D eigenvalue weighted by Gasteiger charge is 2.32. The summed E-state index contributed by atoms with van der Waals surface area (Å²) >= 11 is 4.52. The second kappa shape index (κ2) is 2.86. The van der Waals surface area contributed by atoms with Crippen LogP contribution in [-0.2, 0) is 4.79 Å². The summed E-state index contributed by atoms with van der Waals surface area (Å²) in [4.78, 5) is 31.9. The SMILES string of the molecule is O=C1CC(=S)N(C(=O)O)C(=O)N1. The van der Waals surface area contributed by atoms with Crippen LogP contribution in [0, 0.1) is 0 Å². The maximum atomic E-state index is 10.8. The van der Waals surface area contributed by atoms with Crippen molar-refractivity contribution in [3.8, 4) is 0 Å². The number of hydrogen-bond donors (Lipinski definition) is 2. The average molecular weight is 188 g/mol. The Morgan fingerprint density at radius 3 is 2.58 bits per heavy atom. The number of hydrogen-bond acceptors (Lipinski definition) is 4. The van der Waals surface area contributed by atoms with Crippen LogP contribution in [0.3, 0.4) is 0 Å². The van der Waals surface area contributed by atoms with Crippen LogP contribution < -0.4 is 5.32 Å². The molecule has 0 atom stereocenters. The number of thiocarbonyl (C=S) groups is 1. The van der Waals surface area contributed by atoms with E-state index in [1.54, 1.807) is 0 Å². The molecule has 0 unspecified atom stereocenters. The molecule has 0 bridgehead atoms. The van der Waals surface area contributed by atoms with Gasteiger partial charge in [0.15, 0.2) is 0 Å². The standard InChI is InChI=1S/C5H4N2O4S/c8-2-1-3(12)7(5(10)11)4(9)6-2/h1H2,(H,10,11)(H,6,8,9). The molecule has 1 aliphatic rings. The Morgan fingerprint density at radius 2 is 2.17 bits per heavy atom. The maximum Gasteiger partial charge on any atom is 0.420 e. The van der Waals surface area contributed by atoms with Crippen LogP contribution in [0.2, 0.25) is 0 Å². The molecular formula is C5H4N2O4S. The van der Waals surface area contributed by atoms with E-state index in [4.69, 9.17) is 5.11 Å². The van der Waals surface area contributed by atoms with Gasteiger partial charge in [-0.25, -0.2) is 9.59 Å². The fourth-order valence-electron chi connectivity index (χ4n) is 0.743. The van der Waals surface area contributed by atoms with Gasteiger partial charge >= 0.3 is 12.1 Å². The monoisotopic (exact) mass is 188 g/mol. The van der Waals surface area contributed by atoms with Crippen LogP contribution in [0.25, 0.3) is 0 Å². The number of carbonyl (C=O) groups is 3. The van der Waals surface area contributed by atoms with E-state index in [1.165, 1.54) is 0 Å². The minimum Gasteiger partial charge on any atom is -0.464 e. The number of imide groups is 2. The number of nitrogens with one attached hydrogen (secondary N) is 1. The van der Waals surface area contributed by atoms with Gasteiger partial charge in [-0.15, -0.1) is 0 Å². The summed E-state index contributed by atoms with van der Waals surface area (Å²) in [7, 11) is 0. The van der Waals surface area contributed by atoms with Crippen LogP contribution in [-0.4, -0.2) is 33.0 Å². The van der Waals surface area contributed by atoms with E-state index < -0.39 is 18.0 Å². The van der Waals surface area contributed by atoms with Crippen molar-refractivity contribution in [3.05, 3.63) is 0 Å². The molecule has 12 heavy (non-hydrogen) atoms. The number of carboxylic acid groups (broad SMARTS) is 1. The summed E-state index contributed by atoms with van der Waals surface area (Å²) < 4.78 is 0. The minimum atomic E-state index is -1.48. The van der Waals surface area contributed by atoms with Gasteiger partial charge in [0.1, 0.15) is 4.99 Å². The molecule has 7 heteroatoms. The molecule has 0 spiro atoms. The summed E-state index contributed by atoms with van der Waals surface area (Å²) in [5.74, 6) is -0.581. The lowest BCUT2D eigenvalue weighted by Crippen LogP contribution is -2.53. The molecular weight excluding hydrogens is 184 g/mol. The fraction of sp³-hybridized carbons (Fsp3) is 0.200. The third-order valence-electron chi connectivity index (χ3n) is 1.20. The van der Waals surface area contributed by atoms with E-state index in [9.17, 15) is 14.4 Å². The van der Waals surface area contributed by atoms with Crippen LogP contribution >= 0.6 is 12.2 Å². The molecule has 6 nitrogen and oxygen atoms in total. The molecule has 1 aliphatic heterocycles. The first kappa shape index (κ1) is 8.60. The van der Waals surface area contributed by atoms with E-state index in [0.717, 1.165) is 0 Å². The van der Waals surface area contributed by atoms with Crippen molar-refractivity contribution in [2.75, 3.05) is 0 Å². The maximum absolute atomic E-state index is 10.8. The van der Waals surface area contributed by atoms with Crippen LogP contribution in [0.1, 0.15) is 6.42 Å². The molecule has 2 N–H and O–H groups in total. The number of rotatable bonds is 0. The van der Waals surface area contributed by atoms with Gasteiger partial charge in [-0.2, -0.15) is 4.90 Å². The average Bonchev–Trinajstić information content (AvgIpc) is 1.82. The van der Waals surface area contributed by atoms with Crippen LogP contribution in [0.15, 0.2) is 0 Å². The minimum absolute atomic E-state index is 0.198. The lowest BCUT2D eigenvalue weighted by molar-refractivity contribution is -0.119. The summed E-state index contributed by atoms with van der Waals surface area (Å²) in [6.07, 6.45) is -1.72. The molecule has 1 fully saturated rings. The van der Waals surface area contributed by atoms with Gasteiger partial charge < -0.3 is 5.11 Å². The number of carbonyl (C=O) groups excluding carboxylic acids is 2. The Morgan fingerprint density at radius 1 is 1.58 bits per heavy atom. The number of amides is 4. The van der Waals surface area contributed by atoms with E-state index in [0.29, 0.717) is 4.90 Å². The predicted octanol–water partition coefficient (Wildman–Crippen LogP) is -0.0663. The van der Waals surface area contributed by atoms with Gasteiger partial charge in [0, 0.05) is 0 Å². The van der Waals surface area contributed by atoms with E-state index in [2.05, 4.69) is 12.2 Å². The van der Waals surface area contributed by atoms with Crippen molar-refractivity contribution in [2.45, 2.75) is 6.42 Å². The molecule has 64 valence electrons. The highest BCUT2D eigenvalue weighted by atomic mass is 32.1. The lowest BCUT2D eigenvalue weighted by atomic mass is 10.3. The Bertz CT molecular complexity index is 267. The van der Waals surface area contributed by atoms with Crippen LogP contribution in [0.4, 0.5) is 9.59 Å². The van der Waals surface area contributed by atoms with Crippen LogP contribution in [0.5, 0.6) is 0 Å².